The van der Waals surface area contributed by atoms with Crippen LogP contribution in [0.2, 0.25) is 0 Å². The van der Waals surface area contributed by atoms with Crippen LogP contribution in [-0.2, 0) is 6.61 Å². The minimum atomic E-state index is -0.0813. The maximum Gasteiger partial charge on any atom is 0.147 e. The van der Waals surface area contributed by atoms with Gasteiger partial charge in [-0.3, -0.25) is 4.98 Å². The lowest BCUT2D eigenvalue weighted by Gasteiger charge is -2.24. The van der Waals surface area contributed by atoms with Crippen LogP contribution in [-0.4, -0.2) is 22.1 Å². The Kier molecular flexibility index (Phi) is 3.71. The first kappa shape index (κ1) is 12.0. The van der Waals surface area contributed by atoms with Crippen molar-refractivity contribution in [1.29, 1.82) is 0 Å². The number of rotatable bonds is 4. The third-order valence-electron chi connectivity index (χ3n) is 2.73. The molecule has 0 radical (unpaired) electrons. The Morgan fingerprint density at radius 3 is 2.94 bits per heavy atom. The van der Waals surface area contributed by atoms with E-state index in [0.29, 0.717) is 5.69 Å². The minimum absolute atomic E-state index is 0.0813. The summed E-state index contributed by atoms with van der Waals surface area (Å²) < 4.78 is 0. The van der Waals surface area contributed by atoms with E-state index in [1.54, 1.807) is 23.7 Å². The van der Waals surface area contributed by atoms with Crippen molar-refractivity contribution >= 4 is 17.2 Å². The maximum absolute atomic E-state index is 9.05. The van der Waals surface area contributed by atoms with E-state index in [1.807, 2.05) is 13.1 Å². The van der Waals surface area contributed by atoms with E-state index in [4.69, 9.17) is 5.11 Å². The number of hydrogen-bond donors (Lipinski definition) is 1. The van der Waals surface area contributed by atoms with Crippen LogP contribution < -0.4 is 4.90 Å². The molecule has 0 aliphatic rings. The van der Waals surface area contributed by atoms with Crippen molar-refractivity contribution in [2.45, 2.75) is 19.6 Å². The summed E-state index contributed by atoms with van der Waals surface area (Å²) in [6.07, 6.45) is 3.29. The van der Waals surface area contributed by atoms with E-state index in [-0.39, 0.29) is 12.6 Å². The van der Waals surface area contributed by atoms with Gasteiger partial charge in [-0.1, -0.05) is 6.07 Å². The highest BCUT2D eigenvalue weighted by molar-refractivity contribution is 7.10. The van der Waals surface area contributed by atoms with Crippen LogP contribution in [0, 0.1) is 0 Å². The molecule has 0 spiro atoms. The summed E-state index contributed by atoms with van der Waals surface area (Å²) in [6.45, 7) is 2.04. The van der Waals surface area contributed by atoms with Crippen molar-refractivity contribution in [3.05, 3.63) is 40.5 Å². The van der Waals surface area contributed by atoms with Crippen LogP contribution in [0.5, 0.6) is 0 Å². The monoisotopic (exact) mass is 249 g/mol. The summed E-state index contributed by atoms with van der Waals surface area (Å²) in [5.41, 5.74) is 0.590. The topological polar surface area (TPSA) is 49.2 Å². The van der Waals surface area contributed by atoms with E-state index in [2.05, 4.69) is 33.2 Å². The van der Waals surface area contributed by atoms with Crippen LogP contribution in [0.3, 0.4) is 0 Å². The van der Waals surface area contributed by atoms with Gasteiger partial charge in [-0.25, -0.2) is 4.98 Å². The highest BCUT2D eigenvalue weighted by atomic mass is 32.1. The first-order chi connectivity index (χ1) is 8.22. The van der Waals surface area contributed by atoms with Gasteiger partial charge in [0.2, 0.25) is 0 Å². The highest BCUT2D eigenvalue weighted by Gasteiger charge is 2.14. The summed E-state index contributed by atoms with van der Waals surface area (Å²) in [4.78, 5) is 11.8. The number of aliphatic hydroxyl groups is 1. The van der Waals surface area contributed by atoms with Gasteiger partial charge in [-0.05, 0) is 18.4 Å². The SMILES string of the molecule is CC(c1cccs1)N(C)c1cncc(CO)n1. The molecule has 0 aliphatic heterocycles. The molecular weight excluding hydrogens is 234 g/mol. The molecule has 2 heterocycles. The first-order valence-electron chi connectivity index (χ1n) is 5.40. The predicted molar refractivity (Wildman–Crippen MR) is 69.1 cm³/mol. The molecule has 0 amide bonds. The van der Waals surface area contributed by atoms with E-state index in [0.717, 1.165) is 5.82 Å². The molecular formula is C12H15N3OS. The van der Waals surface area contributed by atoms with Gasteiger partial charge in [0.25, 0.3) is 0 Å². The largest absolute Gasteiger partial charge is 0.390 e. The van der Waals surface area contributed by atoms with Crippen LogP contribution in [0.4, 0.5) is 5.82 Å². The van der Waals surface area contributed by atoms with Crippen LogP contribution in [0.25, 0.3) is 0 Å². The molecule has 1 unspecified atom stereocenters. The quantitative estimate of drug-likeness (QED) is 0.902. The van der Waals surface area contributed by atoms with Crippen molar-refractivity contribution < 1.29 is 5.11 Å². The Labute approximate surface area is 105 Å². The van der Waals surface area contributed by atoms with E-state index < -0.39 is 0 Å². The highest BCUT2D eigenvalue weighted by Crippen LogP contribution is 2.26. The van der Waals surface area contributed by atoms with Crippen LogP contribution >= 0.6 is 11.3 Å². The van der Waals surface area contributed by atoms with Gasteiger partial charge in [0.15, 0.2) is 0 Å². The lowest BCUT2D eigenvalue weighted by molar-refractivity contribution is 0.276. The zero-order valence-electron chi connectivity index (χ0n) is 9.87. The second-order valence-electron chi connectivity index (χ2n) is 3.83. The zero-order chi connectivity index (χ0) is 12.3. The minimum Gasteiger partial charge on any atom is -0.390 e. The van der Waals surface area contributed by atoms with Crippen molar-refractivity contribution in [2.75, 3.05) is 11.9 Å². The standard InChI is InChI=1S/C12H15N3OS/c1-9(11-4-3-5-17-11)15(2)12-7-13-6-10(8-16)14-12/h3-7,9,16H,8H2,1-2H3. The second kappa shape index (κ2) is 5.25. The molecule has 1 atom stereocenters. The van der Waals surface area contributed by atoms with Gasteiger partial charge in [-0.2, -0.15) is 0 Å². The molecule has 5 heteroatoms. The van der Waals surface area contributed by atoms with Crippen molar-refractivity contribution in [3.8, 4) is 0 Å². The number of aliphatic hydroxyl groups excluding tert-OH is 1. The summed E-state index contributed by atoms with van der Waals surface area (Å²) in [5.74, 6) is 0.775. The Morgan fingerprint density at radius 2 is 2.29 bits per heavy atom. The van der Waals surface area contributed by atoms with E-state index in [1.165, 1.54) is 4.88 Å². The fraction of sp³-hybridized carbons (Fsp3) is 0.333. The Hall–Kier alpha value is -1.46. The van der Waals surface area contributed by atoms with Crippen molar-refractivity contribution in [2.24, 2.45) is 0 Å². The molecule has 0 aliphatic carbocycles. The number of thiophene rings is 1. The fourth-order valence-electron chi connectivity index (χ4n) is 1.56. The Balaban J connectivity index is 2.21. The average molecular weight is 249 g/mol. The molecule has 0 bridgehead atoms. The van der Waals surface area contributed by atoms with E-state index in [9.17, 15) is 0 Å². The number of hydrogen-bond acceptors (Lipinski definition) is 5. The lowest BCUT2D eigenvalue weighted by Crippen LogP contribution is -2.22. The fourth-order valence-corrected chi connectivity index (χ4v) is 2.39. The molecule has 90 valence electrons. The van der Waals surface area contributed by atoms with Gasteiger partial charge in [0, 0.05) is 11.9 Å². The molecule has 0 fully saturated rings. The van der Waals surface area contributed by atoms with Gasteiger partial charge in [0.05, 0.1) is 30.7 Å². The molecule has 4 nitrogen and oxygen atoms in total. The van der Waals surface area contributed by atoms with Gasteiger partial charge < -0.3 is 10.0 Å². The molecule has 0 aromatic carbocycles. The van der Waals surface area contributed by atoms with Gasteiger partial charge in [-0.15, -0.1) is 11.3 Å². The molecule has 0 saturated heterocycles. The molecule has 17 heavy (non-hydrogen) atoms. The predicted octanol–water partition coefficient (Wildman–Crippen LogP) is 2.23. The summed E-state index contributed by atoms with van der Waals surface area (Å²) >= 11 is 1.72. The molecule has 2 rings (SSSR count). The molecule has 0 saturated carbocycles. The maximum atomic E-state index is 9.05. The Morgan fingerprint density at radius 1 is 1.47 bits per heavy atom. The second-order valence-corrected chi connectivity index (χ2v) is 4.81. The number of aromatic nitrogens is 2. The lowest BCUT2D eigenvalue weighted by atomic mass is 10.2. The zero-order valence-corrected chi connectivity index (χ0v) is 10.7. The third-order valence-corrected chi connectivity index (χ3v) is 3.77. The number of anilines is 1. The van der Waals surface area contributed by atoms with Gasteiger partial charge >= 0.3 is 0 Å². The van der Waals surface area contributed by atoms with Crippen molar-refractivity contribution in [3.63, 3.8) is 0 Å². The average Bonchev–Trinajstić information content (AvgIpc) is 2.91. The van der Waals surface area contributed by atoms with E-state index >= 15 is 0 Å². The number of nitrogens with zero attached hydrogens (tertiary/aromatic N) is 3. The summed E-state index contributed by atoms with van der Waals surface area (Å²) in [5, 5.41) is 11.1. The third kappa shape index (κ3) is 2.62. The normalized spacial score (nSPS) is 12.4. The van der Waals surface area contributed by atoms with Gasteiger partial charge in [0.1, 0.15) is 5.82 Å². The smallest absolute Gasteiger partial charge is 0.147 e. The van der Waals surface area contributed by atoms with Crippen LogP contribution in [0.1, 0.15) is 23.5 Å². The summed E-state index contributed by atoms with van der Waals surface area (Å²) in [7, 11) is 1.98. The first-order valence-corrected chi connectivity index (χ1v) is 6.28. The molecule has 1 N–H and O–H groups in total. The van der Waals surface area contributed by atoms with Crippen molar-refractivity contribution in [1.82, 2.24) is 9.97 Å². The Bertz CT molecular complexity index is 472. The summed E-state index contributed by atoms with van der Waals surface area (Å²) in [6, 6.07) is 4.40. The molecule has 2 aromatic heterocycles. The van der Waals surface area contributed by atoms with Crippen LogP contribution in [0.15, 0.2) is 29.9 Å². The molecule has 2 aromatic rings.